The molecule has 3 heteroatoms. The average molecular weight is 261 g/mol. The van der Waals surface area contributed by atoms with E-state index in [0.29, 0.717) is 12.5 Å². The molecule has 0 spiro atoms. The van der Waals surface area contributed by atoms with E-state index in [2.05, 4.69) is 20.8 Å². The van der Waals surface area contributed by atoms with E-state index in [4.69, 9.17) is 4.74 Å². The van der Waals surface area contributed by atoms with E-state index in [1.807, 2.05) is 35.2 Å². The second kappa shape index (κ2) is 5.64. The molecule has 0 aromatic heterocycles. The van der Waals surface area contributed by atoms with Crippen molar-refractivity contribution in [1.82, 2.24) is 4.90 Å². The standard InChI is InChI=1S/C16H23NO2/c1-4-14-10-17(12-16(14,2)3)15(18)19-11-13-8-6-5-7-9-13/h5-9,14H,4,10-12H2,1-3H3/t14-/m1/s1. The van der Waals surface area contributed by atoms with Crippen molar-refractivity contribution in [3.05, 3.63) is 35.9 Å². The summed E-state index contributed by atoms with van der Waals surface area (Å²) in [5.41, 5.74) is 1.22. The maximum atomic E-state index is 12.1. The fourth-order valence-corrected chi connectivity index (χ4v) is 2.83. The molecule has 104 valence electrons. The molecule has 19 heavy (non-hydrogen) atoms. The third-order valence-corrected chi connectivity index (χ3v) is 4.10. The molecule has 1 aromatic carbocycles. The molecule has 2 rings (SSSR count). The molecule has 1 fully saturated rings. The molecule has 0 saturated carbocycles. The molecular formula is C16H23NO2. The second-order valence-electron chi connectivity index (χ2n) is 6.01. The molecule has 1 heterocycles. The first-order chi connectivity index (χ1) is 9.03. The van der Waals surface area contributed by atoms with E-state index in [1.54, 1.807) is 0 Å². The molecule has 3 nitrogen and oxygen atoms in total. The molecular weight excluding hydrogens is 238 g/mol. The van der Waals surface area contributed by atoms with Gasteiger partial charge < -0.3 is 9.64 Å². The van der Waals surface area contributed by atoms with Crippen molar-refractivity contribution < 1.29 is 9.53 Å². The van der Waals surface area contributed by atoms with Crippen LogP contribution in [0.4, 0.5) is 4.79 Å². The van der Waals surface area contributed by atoms with Gasteiger partial charge in [0.15, 0.2) is 0 Å². The predicted octanol–water partition coefficient (Wildman–Crippen LogP) is 3.69. The van der Waals surface area contributed by atoms with Crippen LogP contribution >= 0.6 is 0 Å². The maximum Gasteiger partial charge on any atom is 0.410 e. The van der Waals surface area contributed by atoms with Crippen LogP contribution in [0.5, 0.6) is 0 Å². The Bertz CT molecular complexity index is 428. The van der Waals surface area contributed by atoms with Crippen molar-refractivity contribution in [1.29, 1.82) is 0 Å². The third kappa shape index (κ3) is 3.28. The van der Waals surface area contributed by atoms with Gasteiger partial charge in [-0.2, -0.15) is 0 Å². The Kier molecular flexibility index (Phi) is 4.13. The van der Waals surface area contributed by atoms with Crippen LogP contribution in [0.2, 0.25) is 0 Å². The maximum absolute atomic E-state index is 12.1. The summed E-state index contributed by atoms with van der Waals surface area (Å²) in [6, 6.07) is 9.80. The van der Waals surface area contributed by atoms with E-state index in [1.165, 1.54) is 0 Å². The van der Waals surface area contributed by atoms with Crippen LogP contribution in [0, 0.1) is 11.3 Å². The molecule has 1 amide bonds. The molecule has 1 aliphatic rings. The number of carbonyl (C=O) groups is 1. The van der Waals surface area contributed by atoms with Gasteiger partial charge in [0, 0.05) is 13.1 Å². The minimum Gasteiger partial charge on any atom is -0.445 e. The Balaban J connectivity index is 1.88. The van der Waals surface area contributed by atoms with Gasteiger partial charge in [-0.3, -0.25) is 0 Å². The fourth-order valence-electron chi connectivity index (χ4n) is 2.83. The zero-order valence-electron chi connectivity index (χ0n) is 12.1. The van der Waals surface area contributed by atoms with E-state index in [9.17, 15) is 4.79 Å². The molecule has 0 aliphatic carbocycles. The van der Waals surface area contributed by atoms with E-state index in [-0.39, 0.29) is 11.5 Å². The lowest BCUT2D eigenvalue weighted by Gasteiger charge is -2.23. The Labute approximate surface area is 115 Å². The zero-order valence-corrected chi connectivity index (χ0v) is 12.1. The van der Waals surface area contributed by atoms with Crippen molar-refractivity contribution in [3.63, 3.8) is 0 Å². The highest BCUT2D eigenvalue weighted by Gasteiger charge is 2.40. The van der Waals surface area contributed by atoms with Gasteiger partial charge in [-0.1, -0.05) is 57.5 Å². The van der Waals surface area contributed by atoms with Crippen LogP contribution in [0.3, 0.4) is 0 Å². The third-order valence-electron chi connectivity index (χ3n) is 4.10. The van der Waals surface area contributed by atoms with Gasteiger partial charge >= 0.3 is 6.09 Å². The quantitative estimate of drug-likeness (QED) is 0.830. The molecule has 1 atom stereocenters. The number of rotatable bonds is 3. The van der Waals surface area contributed by atoms with Crippen LogP contribution in [0.1, 0.15) is 32.8 Å². The zero-order chi connectivity index (χ0) is 13.9. The minimum atomic E-state index is -0.187. The average Bonchev–Trinajstić information content (AvgIpc) is 2.72. The van der Waals surface area contributed by atoms with E-state index < -0.39 is 0 Å². The van der Waals surface area contributed by atoms with Crippen LogP contribution in [0.15, 0.2) is 30.3 Å². The van der Waals surface area contributed by atoms with Gasteiger partial charge in [-0.05, 0) is 16.9 Å². The Morgan fingerprint density at radius 3 is 2.63 bits per heavy atom. The van der Waals surface area contributed by atoms with Crippen molar-refractivity contribution in [3.8, 4) is 0 Å². The van der Waals surface area contributed by atoms with Crippen molar-refractivity contribution >= 4 is 6.09 Å². The first-order valence-electron chi connectivity index (χ1n) is 6.98. The van der Waals surface area contributed by atoms with Gasteiger partial charge in [0.2, 0.25) is 0 Å². The lowest BCUT2D eigenvalue weighted by atomic mass is 9.81. The topological polar surface area (TPSA) is 29.5 Å². The highest BCUT2D eigenvalue weighted by Crippen LogP contribution is 2.37. The lowest BCUT2D eigenvalue weighted by Crippen LogP contribution is -2.30. The summed E-state index contributed by atoms with van der Waals surface area (Å²) in [4.78, 5) is 13.9. The van der Waals surface area contributed by atoms with Gasteiger partial charge in [0.1, 0.15) is 6.61 Å². The minimum absolute atomic E-state index is 0.187. The molecule has 0 bridgehead atoms. The summed E-state index contributed by atoms with van der Waals surface area (Å²) in [5.74, 6) is 0.566. The summed E-state index contributed by atoms with van der Waals surface area (Å²) in [5, 5.41) is 0. The number of carbonyl (C=O) groups excluding carboxylic acids is 1. The SMILES string of the molecule is CC[C@@H]1CN(C(=O)OCc2ccccc2)CC1(C)C. The first kappa shape index (κ1) is 13.9. The van der Waals surface area contributed by atoms with Gasteiger partial charge in [0.05, 0.1) is 0 Å². The smallest absolute Gasteiger partial charge is 0.410 e. The Morgan fingerprint density at radius 2 is 2.05 bits per heavy atom. The molecule has 0 N–H and O–H groups in total. The summed E-state index contributed by atoms with van der Waals surface area (Å²) in [6.07, 6.45) is 0.919. The normalized spacial score (nSPS) is 21.4. The molecule has 0 unspecified atom stereocenters. The number of hydrogen-bond donors (Lipinski definition) is 0. The summed E-state index contributed by atoms with van der Waals surface area (Å²) in [7, 11) is 0. The molecule has 0 radical (unpaired) electrons. The Morgan fingerprint density at radius 1 is 1.37 bits per heavy atom. The largest absolute Gasteiger partial charge is 0.445 e. The number of ether oxygens (including phenoxy) is 1. The van der Waals surface area contributed by atoms with Crippen LogP contribution < -0.4 is 0 Å². The molecule has 1 aromatic rings. The van der Waals surface area contributed by atoms with E-state index >= 15 is 0 Å². The number of hydrogen-bond acceptors (Lipinski definition) is 2. The second-order valence-corrected chi connectivity index (χ2v) is 6.01. The summed E-state index contributed by atoms with van der Waals surface area (Å²) in [6.45, 7) is 8.60. The van der Waals surface area contributed by atoms with Crippen molar-refractivity contribution in [2.45, 2.75) is 33.8 Å². The van der Waals surface area contributed by atoms with Crippen LogP contribution in [-0.4, -0.2) is 24.1 Å². The fraction of sp³-hybridized carbons (Fsp3) is 0.562. The number of amides is 1. The lowest BCUT2D eigenvalue weighted by molar-refractivity contribution is 0.101. The number of nitrogens with zero attached hydrogens (tertiary/aromatic N) is 1. The number of likely N-dealkylation sites (tertiary alicyclic amines) is 1. The first-order valence-corrected chi connectivity index (χ1v) is 6.98. The van der Waals surface area contributed by atoms with Crippen LogP contribution in [0.25, 0.3) is 0 Å². The molecule has 1 saturated heterocycles. The monoisotopic (exact) mass is 261 g/mol. The van der Waals surface area contributed by atoms with Gasteiger partial charge in [0.25, 0.3) is 0 Å². The number of benzene rings is 1. The van der Waals surface area contributed by atoms with Gasteiger partial charge in [-0.15, -0.1) is 0 Å². The van der Waals surface area contributed by atoms with Crippen LogP contribution in [-0.2, 0) is 11.3 Å². The predicted molar refractivity (Wildman–Crippen MR) is 75.8 cm³/mol. The highest BCUT2D eigenvalue weighted by atomic mass is 16.6. The van der Waals surface area contributed by atoms with Crippen molar-refractivity contribution in [2.24, 2.45) is 11.3 Å². The van der Waals surface area contributed by atoms with Gasteiger partial charge in [-0.25, -0.2) is 4.79 Å². The Hall–Kier alpha value is -1.51. The highest BCUT2D eigenvalue weighted by molar-refractivity contribution is 5.68. The summed E-state index contributed by atoms with van der Waals surface area (Å²) < 4.78 is 5.39. The van der Waals surface area contributed by atoms with E-state index in [0.717, 1.165) is 25.1 Å². The summed E-state index contributed by atoms with van der Waals surface area (Å²) >= 11 is 0. The molecule has 1 aliphatic heterocycles. The van der Waals surface area contributed by atoms with Crippen molar-refractivity contribution in [2.75, 3.05) is 13.1 Å².